The summed E-state index contributed by atoms with van der Waals surface area (Å²) in [7, 11) is 2.17. The maximum atomic E-state index is 12.3. The topological polar surface area (TPSA) is 44.4 Å². The van der Waals surface area contributed by atoms with Crippen molar-refractivity contribution in [1.82, 2.24) is 15.5 Å². The molecule has 3 atom stereocenters. The van der Waals surface area contributed by atoms with E-state index in [-0.39, 0.29) is 11.9 Å². The highest BCUT2D eigenvalue weighted by atomic mass is 16.2. The largest absolute Gasteiger partial charge is 0.352 e. The molecule has 1 saturated carbocycles. The third-order valence-corrected chi connectivity index (χ3v) is 4.92. The van der Waals surface area contributed by atoms with Crippen molar-refractivity contribution in [3.05, 3.63) is 0 Å². The van der Waals surface area contributed by atoms with Crippen molar-refractivity contribution in [3.63, 3.8) is 0 Å². The molecule has 0 aromatic rings. The summed E-state index contributed by atoms with van der Waals surface area (Å²) in [5, 5.41) is 6.76. The van der Waals surface area contributed by atoms with E-state index < -0.39 is 0 Å². The Kier molecular flexibility index (Phi) is 5.85. The first-order valence-corrected chi connectivity index (χ1v) is 8.31. The Morgan fingerprint density at radius 3 is 2.55 bits per heavy atom. The highest BCUT2D eigenvalue weighted by Gasteiger charge is 2.27. The Morgan fingerprint density at radius 1 is 1.20 bits per heavy atom. The minimum atomic E-state index is -0.0761. The molecule has 0 spiro atoms. The maximum Gasteiger partial charge on any atom is 0.237 e. The Bertz CT molecular complexity index is 315. The van der Waals surface area contributed by atoms with Crippen LogP contribution in [0.15, 0.2) is 0 Å². The molecule has 4 nitrogen and oxygen atoms in total. The Labute approximate surface area is 123 Å². The molecule has 116 valence electrons. The van der Waals surface area contributed by atoms with Crippen LogP contribution in [-0.2, 0) is 4.79 Å². The van der Waals surface area contributed by atoms with Gasteiger partial charge in [-0.3, -0.25) is 4.79 Å². The lowest BCUT2D eigenvalue weighted by molar-refractivity contribution is -0.124. The van der Waals surface area contributed by atoms with Crippen LogP contribution in [0.2, 0.25) is 0 Å². The third kappa shape index (κ3) is 4.45. The van der Waals surface area contributed by atoms with Crippen molar-refractivity contribution in [3.8, 4) is 0 Å². The molecule has 0 aromatic carbocycles. The zero-order valence-electron chi connectivity index (χ0n) is 13.3. The van der Waals surface area contributed by atoms with Gasteiger partial charge in [-0.1, -0.05) is 26.2 Å². The third-order valence-electron chi connectivity index (χ3n) is 4.92. The molecule has 1 aliphatic carbocycles. The molecule has 2 aliphatic rings. The van der Waals surface area contributed by atoms with Crippen LogP contribution in [0.5, 0.6) is 0 Å². The second-order valence-electron chi connectivity index (χ2n) is 6.87. The SMILES string of the molecule is CC(NC1CCN(C)CC1C)C(=O)NC1CCCCC1. The average Bonchev–Trinajstić information content (AvgIpc) is 2.43. The van der Waals surface area contributed by atoms with Crippen LogP contribution in [0.1, 0.15) is 52.4 Å². The lowest BCUT2D eigenvalue weighted by Crippen LogP contribution is -2.54. The lowest BCUT2D eigenvalue weighted by Gasteiger charge is -2.37. The summed E-state index contributed by atoms with van der Waals surface area (Å²) in [6, 6.07) is 0.807. The number of carbonyl (C=O) groups excluding carboxylic acids is 1. The van der Waals surface area contributed by atoms with Gasteiger partial charge in [0.2, 0.25) is 5.91 Å². The smallest absolute Gasteiger partial charge is 0.237 e. The standard InChI is InChI=1S/C16H31N3O/c1-12-11-19(3)10-9-15(12)17-13(2)16(20)18-14-7-5-4-6-8-14/h12-15,17H,4-11H2,1-3H3,(H,18,20). The van der Waals surface area contributed by atoms with E-state index >= 15 is 0 Å². The number of carbonyl (C=O) groups is 1. The van der Waals surface area contributed by atoms with Crippen LogP contribution < -0.4 is 10.6 Å². The zero-order chi connectivity index (χ0) is 14.5. The molecular formula is C16H31N3O. The summed E-state index contributed by atoms with van der Waals surface area (Å²) < 4.78 is 0. The second-order valence-corrected chi connectivity index (χ2v) is 6.87. The van der Waals surface area contributed by atoms with Gasteiger partial charge in [0.25, 0.3) is 0 Å². The number of amides is 1. The van der Waals surface area contributed by atoms with E-state index in [0.29, 0.717) is 18.0 Å². The van der Waals surface area contributed by atoms with Gasteiger partial charge in [-0.15, -0.1) is 0 Å². The summed E-state index contributed by atoms with van der Waals surface area (Å²) in [6.07, 6.45) is 7.30. The van der Waals surface area contributed by atoms with E-state index in [1.165, 1.54) is 19.3 Å². The molecule has 1 amide bonds. The lowest BCUT2D eigenvalue weighted by atomic mass is 9.93. The van der Waals surface area contributed by atoms with Crippen molar-refractivity contribution in [2.75, 3.05) is 20.1 Å². The van der Waals surface area contributed by atoms with E-state index in [1.807, 2.05) is 6.92 Å². The predicted molar refractivity (Wildman–Crippen MR) is 82.7 cm³/mol. The zero-order valence-corrected chi connectivity index (χ0v) is 13.3. The molecule has 4 heteroatoms. The summed E-state index contributed by atoms with van der Waals surface area (Å²) in [5.74, 6) is 0.793. The molecular weight excluding hydrogens is 250 g/mol. The second kappa shape index (κ2) is 7.41. The highest BCUT2D eigenvalue weighted by molar-refractivity contribution is 5.81. The molecule has 2 fully saturated rings. The summed E-state index contributed by atoms with van der Waals surface area (Å²) in [6.45, 7) is 6.52. The fraction of sp³-hybridized carbons (Fsp3) is 0.938. The molecule has 2 rings (SSSR count). The van der Waals surface area contributed by atoms with Crippen molar-refractivity contribution < 1.29 is 4.79 Å². The average molecular weight is 281 g/mol. The minimum Gasteiger partial charge on any atom is -0.352 e. The van der Waals surface area contributed by atoms with Gasteiger partial charge in [0, 0.05) is 18.6 Å². The summed E-state index contributed by atoms with van der Waals surface area (Å²) >= 11 is 0. The predicted octanol–water partition coefficient (Wildman–Crippen LogP) is 1.75. The van der Waals surface area contributed by atoms with Gasteiger partial charge in [0.05, 0.1) is 6.04 Å². The van der Waals surface area contributed by atoms with Crippen LogP contribution in [0.3, 0.4) is 0 Å². The van der Waals surface area contributed by atoms with Crippen LogP contribution in [0.25, 0.3) is 0 Å². The van der Waals surface area contributed by atoms with Crippen molar-refractivity contribution in [1.29, 1.82) is 0 Å². The van der Waals surface area contributed by atoms with Gasteiger partial charge in [0.15, 0.2) is 0 Å². The number of hydrogen-bond donors (Lipinski definition) is 2. The normalized spacial score (nSPS) is 30.9. The van der Waals surface area contributed by atoms with Crippen molar-refractivity contribution in [2.45, 2.75) is 70.5 Å². The molecule has 20 heavy (non-hydrogen) atoms. The van der Waals surface area contributed by atoms with E-state index in [0.717, 1.165) is 32.4 Å². The molecule has 0 radical (unpaired) electrons. The number of nitrogens with one attached hydrogen (secondary N) is 2. The number of nitrogens with zero attached hydrogens (tertiary/aromatic N) is 1. The molecule has 1 heterocycles. The van der Waals surface area contributed by atoms with Crippen LogP contribution in [0, 0.1) is 5.92 Å². The molecule has 1 saturated heterocycles. The number of piperidine rings is 1. The van der Waals surface area contributed by atoms with E-state index in [4.69, 9.17) is 0 Å². The molecule has 3 unspecified atom stereocenters. The van der Waals surface area contributed by atoms with Gasteiger partial charge >= 0.3 is 0 Å². The van der Waals surface area contributed by atoms with Crippen molar-refractivity contribution >= 4 is 5.91 Å². The van der Waals surface area contributed by atoms with E-state index in [1.54, 1.807) is 0 Å². The monoisotopic (exact) mass is 281 g/mol. The van der Waals surface area contributed by atoms with E-state index in [9.17, 15) is 4.79 Å². The Morgan fingerprint density at radius 2 is 1.90 bits per heavy atom. The van der Waals surface area contributed by atoms with Gasteiger partial charge in [-0.25, -0.2) is 0 Å². The Hall–Kier alpha value is -0.610. The number of likely N-dealkylation sites (tertiary alicyclic amines) is 1. The first-order chi connectivity index (χ1) is 9.56. The van der Waals surface area contributed by atoms with Gasteiger partial charge < -0.3 is 15.5 Å². The van der Waals surface area contributed by atoms with Gasteiger partial charge in [-0.05, 0) is 45.7 Å². The fourth-order valence-corrected chi connectivity index (χ4v) is 3.57. The molecule has 1 aliphatic heterocycles. The molecule has 0 bridgehead atoms. The Balaban J connectivity index is 1.75. The van der Waals surface area contributed by atoms with Gasteiger partial charge in [0.1, 0.15) is 0 Å². The number of rotatable bonds is 4. The molecule has 0 aromatic heterocycles. The van der Waals surface area contributed by atoms with Crippen LogP contribution in [0.4, 0.5) is 0 Å². The highest BCUT2D eigenvalue weighted by Crippen LogP contribution is 2.18. The first-order valence-electron chi connectivity index (χ1n) is 8.31. The summed E-state index contributed by atoms with van der Waals surface area (Å²) in [5.41, 5.74) is 0. The van der Waals surface area contributed by atoms with Gasteiger partial charge in [-0.2, -0.15) is 0 Å². The quantitative estimate of drug-likeness (QED) is 0.825. The first kappa shape index (κ1) is 15.8. The van der Waals surface area contributed by atoms with Crippen LogP contribution in [-0.4, -0.2) is 49.1 Å². The summed E-state index contributed by atoms with van der Waals surface area (Å²) in [4.78, 5) is 14.6. The fourth-order valence-electron chi connectivity index (χ4n) is 3.57. The molecule has 2 N–H and O–H groups in total. The van der Waals surface area contributed by atoms with E-state index in [2.05, 4.69) is 29.5 Å². The van der Waals surface area contributed by atoms with Crippen molar-refractivity contribution in [2.24, 2.45) is 5.92 Å². The van der Waals surface area contributed by atoms with Crippen LogP contribution >= 0.6 is 0 Å². The maximum absolute atomic E-state index is 12.3. The minimum absolute atomic E-state index is 0.0761. The number of hydrogen-bond acceptors (Lipinski definition) is 3.